The molecule has 1 heterocycles. The number of benzene rings is 1. The van der Waals surface area contributed by atoms with Crippen molar-refractivity contribution in [3.63, 3.8) is 0 Å². The third-order valence-electron chi connectivity index (χ3n) is 4.34. The Morgan fingerprint density at radius 1 is 1.05 bits per heavy atom. The topological polar surface area (TPSA) is 69.9 Å². The molecule has 3 N–H and O–H groups in total. The first-order valence-corrected chi connectivity index (χ1v) is 7.04. The van der Waals surface area contributed by atoms with Gasteiger partial charge in [0.2, 0.25) is 0 Å². The van der Waals surface area contributed by atoms with Crippen molar-refractivity contribution in [2.24, 2.45) is 5.92 Å². The minimum Gasteiger partial charge on any atom is -0.508 e. The Morgan fingerprint density at radius 3 is 2.53 bits per heavy atom. The first-order valence-electron chi connectivity index (χ1n) is 7.04. The zero-order valence-electron chi connectivity index (χ0n) is 10.9. The summed E-state index contributed by atoms with van der Waals surface area (Å²) in [5.74, 6) is 0.881. The molecule has 0 bridgehead atoms. The van der Waals surface area contributed by atoms with Gasteiger partial charge in [0.1, 0.15) is 23.4 Å². The molecule has 2 aliphatic rings. The summed E-state index contributed by atoms with van der Waals surface area (Å²) in [6.07, 6.45) is 5.41. The van der Waals surface area contributed by atoms with Crippen LogP contribution in [-0.4, -0.2) is 27.5 Å². The van der Waals surface area contributed by atoms with Gasteiger partial charge in [0.25, 0.3) is 0 Å². The van der Waals surface area contributed by atoms with Crippen LogP contribution in [0.3, 0.4) is 0 Å². The second kappa shape index (κ2) is 4.93. The summed E-state index contributed by atoms with van der Waals surface area (Å²) in [5.41, 5.74) is 0.595. The van der Waals surface area contributed by atoms with Gasteiger partial charge in [0.05, 0.1) is 6.10 Å². The number of phenolic OH excluding ortho intramolecular Hbond substituents is 2. The van der Waals surface area contributed by atoms with Crippen LogP contribution in [0.15, 0.2) is 12.1 Å². The van der Waals surface area contributed by atoms with Gasteiger partial charge in [-0.15, -0.1) is 0 Å². The summed E-state index contributed by atoms with van der Waals surface area (Å²) in [6.45, 7) is 0. The molecule has 1 saturated carbocycles. The number of ether oxygens (including phenoxy) is 1. The molecule has 0 spiro atoms. The smallest absolute Gasteiger partial charge is 0.130 e. The molecule has 4 heteroatoms. The number of phenols is 2. The van der Waals surface area contributed by atoms with E-state index in [-0.39, 0.29) is 17.6 Å². The van der Waals surface area contributed by atoms with Crippen molar-refractivity contribution < 1.29 is 20.1 Å². The molecule has 1 fully saturated rings. The Balaban J connectivity index is 1.86. The molecule has 0 amide bonds. The van der Waals surface area contributed by atoms with Crippen LogP contribution in [0.25, 0.3) is 0 Å². The number of aliphatic hydroxyl groups excluding tert-OH is 1. The second-order valence-corrected chi connectivity index (χ2v) is 5.69. The average Bonchev–Trinajstić information content (AvgIpc) is 2.40. The zero-order chi connectivity index (χ0) is 13.4. The van der Waals surface area contributed by atoms with Gasteiger partial charge in [0.15, 0.2) is 0 Å². The van der Waals surface area contributed by atoms with Gasteiger partial charge in [-0.25, -0.2) is 0 Å². The highest BCUT2D eigenvalue weighted by Crippen LogP contribution is 2.41. The summed E-state index contributed by atoms with van der Waals surface area (Å²) >= 11 is 0. The molecule has 2 atom stereocenters. The number of hydrogen-bond donors (Lipinski definition) is 3. The van der Waals surface area contributed by atoms with Gasteiger partial charge < -0.3 is 20.1 Å². The molecule has 1 aliphatic heterocycles. The van der Waals surface area contributed by atoms with Crippen LogP contribution < -0.4 is 4.74 Å². The Hall–Kier alpha value is -1.42. The van der Waals surface area contributed by atoms with E-state index in [1.807, 2.05) is 0 Å². The van der Waals surface area contributed by atoms with Gasteiger partial charge in [-0.1, -0.05) is 19.3 Å². The van der Waals surface area contributed by atoms with Crippen molar-refractivity contribution in [3.05, 3.63) is 17.7 Å². The third kappa shape index (κ3) is 2.37. The lowest BCUT2D eigenvalue weighted by Crippen LogP contribution is -2.43. The van der Waals surface area contributed by atoms with Crippen LogP contribution in [0.1, 0.15) is 37.7 Å². The van der Waals surface area contributed by atoms with Crippen LogP contribution in [0, 0.1) is 5.92 Å². The monoisotopic (exact) mass is 264 g/mol. The quantitative estimate of drug-likeness (QED) is 0.728. The highest BCUT2D eigenvalue weighted by atomic mass is 16.5. The first-order chi connectivity index (χ1) is 9.15. The van der Waals surface area contributed by atoms with Crippen molar-refractivity contribution in [3.8, 4) is 17.2 Å². The predicted octanol–water partition coefficient (Wildman–Crippen LogP) is 2.34. The van der Waals surface area contributed by atoms with E-state index in [1.165, 1.54) is 31.4 Å². The van der Waals surface area contributed by atoms with E-state index >= 15 is 0 Å². The molecule has 1 aromatic rings. The summed E-state index contributed by atoms with van der Waals surface area (Å²) in [7, 11) is 0. The Kier molecular flexibility index (Phi) is 3.27. The van der Waals surface area contributed by atoms with Gasteiger partial charge in [-0.05, 0) is 18.8 Å². The first kappa shape index (κ1) is 12.6. The van der Waals surface area contributed by atoms with Gasteiger partial charge >= 0.3 is 0 Å². The standard InChI is InChI=1S/C15H20O4/c16-10-6-12(17)11-8-13(18)15(19-14(11)7-10)9-4-2-1-3-5-9/h6-7,9,13,15-18H,1-5,8H2/t13-,15-/m1/s1. The summed E-state index contributed by atoms with van der Waals surface area (Å²) in [5, 5.41) is 29.6. The van der Waals surface area contributed by atoms with Crippen molar-refractivity contribution >= 4 is 0 Å². The van der Waals surface area contributed by atoms with Crippen molar-refractivity contribution in [2.75, 3.05) is 0 Å². The number of aromatic hydroxyl groups is 2. The fourth-order valence-electron chi connectivity index (χ4n) is 3.35. The molecular weight excluding hydrogens is 244 g/mol. The van der Waals surface area contributed by atoms with Crippen LogP contribution in [0.5, 0.6) is 17.2 Å². The van der Waals surface area contributed by atoms with Gasteiger partial charge in [-0.3, -0.25) is 0 Å². The van der Waals surface area contributed by atoms with E-state index in [4.69, 9.17) is 4.74 Å². The molecule has 0 aromatic heterocycles. The molecular formula is C15H20O4. The van der Waals surface area contributed by atoms with Crippen LogP contribution in [-0.2, 0) is 6.42 Å². The Morgan fingerprint density at radius 2 is 1.79 bits per heavy atom. The molecule has 3 rings (SSSR count). The Bertz CT molecular complexity index is 465. The lowest BCUT2D eigenvalue weighted by molar-refractivity contribution is -0.0228. The second-order valence-electron chi connectivity index (χ2n) is 5.69. The SMILES string of the molecule is Oc1cc(O)c2c(c1)O[C@H](C1CCCCC1)[C@H](O)C2. The maximum Gasteiger partial charge on any atom is 0.130 e. The average molecular weight is 264 g/mol. The lowest BCUT2D eigenvalue weighted by Gasteiger charge is -2.37. The van der Waals surface area contributed by atoms with Crippen LogP contribution >= 0.6 is 0 Å². The fraction of sp³-hybridized carbons (Fsp3) is 0.600. The molecule has 0 unspecified atom stereocenters. The van der Waals surface area contributed by atoms with E-state index in [2.05, 4.69) is 0 Å². The highest BCUT2D eigenvalue weighted by molar-refractivity contribution is 5.51. The summed E-state index contributed by atoms with van der Waals surface area (Å²) in [4.78, 5) is 0. The van der Waals surface area contributed by atoms with Gasteiger partial charge in [-0.2, -0.15) is 0 Å². The van der Waals surface area contributed by atoms with E-state index in [1.54, 1.807) is 0 Å². The number of aliphatic hydroxyl groups is 1. The van der Waals surface area contributed by atoms with Crippen molar-refractivity contribution in [1.29, 1.82) is 0 Å². The molecule has 0 saturated heterocycles. The fourth-order valence-corrected chi connectivity index (χ4v) is 3.35. The van der Waals surface area contributed by atoms with Crippen molar-refractivity contribution in [2.45, 2.75) is 50.7 Å². The number of rotatable bonds is 1. The highest BCUT2D eigenvalue weighted by Gasteiger charge is 2.36. The van der Waals surface area contributed by atoms with E-state index < -0.39 is 6.10 Å². The minimum absolute atomic E-state index is 0.00357. The van der Waals surface area contributed by atoms with E-state index in [0.29, 0.717) is 23.7 Å². The summed E-state index contributed by atoms with van der Waals surface area (Å²) in [6, 6.07) is 2.81. The third-order valence-corrected chi connectivity index (χ3v) is 4.34. The Labute approximate surface area is 112 Å². The molecule has 4 nitrogen and oxygen atoms in total. The molecule has 1 aromatic carbocycles. The predicted molar refractivity (Wildman–Crippen MR) is 70.5 cm³/mol. The maximum atomic E-state index is 10.3. The number of hydrogen-bond acceptors (Lipinski definition) is 4. The van der Waals surface area contributed by atoms with E-state index in [0.717, 1.165) is 12.8 Å². The lowest BCUT2D eigenvalue weighted by atomic mass is 9.81. The van der Waals surface area contributed by atoms with Crippen molar-refractivity contribution in [1.82, 2.24) is 0 Å². The van der Waals surface area contributed by atoms with Crippen LogP contribution in [0.4, 0.5) is 0 Å². The van der Waals surface area contributed by atoms with Crippen LogP contribution in [0.2, 0.25) is 0 Å². The van der Waals surface area contributed by atoms with Gasteiger partial charge in [0, 0.05) is 24.1 Å². The molecule has 19 heavy (non-hydrogen) atoms. The normalized spacial score (nSPS) is 27.6. The molecule has 1 aliphatic carbocycles. The zero-order valence-corrected chi connectivity index (χ0v) is 10.9. The summed E-state index contributed by atoms with van der Waals surface area (Å²) < 4.78 is 5.88. The molecule has 104 valence electrons. The minimum atomic E-state index is -0.578. The maximum absolute atomic E-state index is 10.3. The largest absolute Gasteiger partial charge is 0.508 e. The van der Waals surface area contributed by atoms with E-state index in [9.17, 15) is 15.3 Å². The molecule has 0 radical (unpaired) electrons. The number of fused-ring (bicyclic) bond motifs is 1.